The number of likely N-dealkylation sites (N-methyl/N-ethyl adjacent to an activating group) is 1. The lowest BCUT2D eigenvalue weighted by Crippen LogP contribution is -2.20. The minimum Gasteiger partial charge on any atom is -0.395 e. The predicted octanol–water partition coefficient (Wildman–Crippen LogP) is 3.91. The Labute approximate surface area is 131 Å². The summed E-state index contributed by atoms with van der Waals surface area (Å²) < 4.78 is 0. The summed E-state index contributed by atoms with van der Waals surface area (Å²) in [4.78, 5) is 4.84. The Hall–Kier alpha value is -1.52. The number of benzene rings is 1. The lowest BCUT2D eigenvalue weighted by atomic mass is 10.2. The number of hydrogen-bond acceptors (Lipinski definition) is 4. The van der Waals surface area contributed by atoms with Crippen molar-refractivity contribution in [3.05, 3.63) is 46.2 Å². The van der Waals surface area contributed by atoms with Crippen LogP contribution in [0.4, 0.5) is 11.4 Å². The summed E-state index contributed by atoms with van der Waals surface area (Å²) in [6.45, 7) is 5.20. The molecule has 2 rings (SSSR count). The number of aliphatic hydroxyl groups is 1. The quantitative estimate of drug-likeness (QED) is 0.814. The summed E-state index contributed by atoms with van der Waals surface area (Å²) in [7, 11) is 1.99. The molecular formula is C17H24N2OS. The van der Waals surface area contributed by atoms with Gasteiger partial charge in [0, 0.05) is 34.7 Å². The molecule has 4 heteroatoms. The number of nitrogens with zero attached hydrogens (tertiary/aromatic N) is 1. The van der Waals surface area contributed by atoms with Crippen molar-refractivity contribution in [1.29, 1.82) is 0 Å². The first kappa shape index (κ1) is 15.9. The average Bonchev–Trinajstić information content (AvgIpc) is 2.97. The van der Waals surface area contributed by atoms with Crippen LogP contribution < -0.4 is 10.2 Å². The van der Waals surface area contributed by atoms with Gasteiger partial charge in [-0.05, 0) is 49.7 Å². The number of hydrogen-bond donors (Lipinski definition) is 2. The summed E-state index contributed by atoms with van der Waals surface area (Å²) in [6, 6.07) is 13.1. The fourth-order valence-electron chi connectivity index (χ4n) is 2.23. The lowest BCUT2D eigenvalue weighted by Gasteiger charge is -2.19. The Kier molecular flexibility index (Phi) is 5.65. The van der Waals surface area contributed by atoms with Gasteiger partial charge < -0.3 is 15.3 Å². The molecule has 21 heavy (non-hydrogen) atoms. The van der Waals surface area contributed by atoms with Crippen molar-refractivity contribution in [2.45, 2.75) is 26.3 Å². The van der Waals surface area contributed by atoms with Crippen molar-refractivity contribution in [1.82, 2.24) is 0 Å². The molecule has 3 nitrogen and oxygen atoms in total. The Bertz CT molecular complexity index is 550. The second-order valence-electron chi connectivity index (χ2n) is 5.22. The van der Waals surface area contributed by atoms with Gasteiger partial charge in [0.25, 0.3) is 0 Å². The number of nitrogens with one attached hydrogen (secondary N) is 1. The van der Waals surface area contributed by atoms with Crippen LogP contribution in [0.15, 0.2) is 36.4 Å². The number of rotatable bonds is 7. The average molecular weight is 304 g/mol. The van der Waals surface area contributed by atoms with Crippen molar-refractivity contribution >= 4 is 22.7 Å². The van der Waals surface area contributed by atoms with Gasteiger partial charge in [-0.3, -0.25) is 0 Å². The van der Waals surface area contributed by atoms with E-state index in [4.69, 9.17) is 5.11 Å². The van der Waals surface area contributed by atoms with E-state index in [-0.39, 0.29) is 6.61 Å². The third-order valence-electron chi connectivity index (χ3n) is 3.58. The Morgan fingerprint density at radius 1 is 1.19 bits per heavy atom. The van der Waals surface area contributed by atoms with Gasteiger partial charge in [-0.25, -0.2) is 0 Å². The van der Waals surface area contributed by atoms with Gasteiger partial charge in [0.05, 0.1) is 12.6 Å². The van der Waals surface area contributed by atoms with Crippen molar-refractivity contribution in [2.24, 2.45) is 0 Å². The van der Waals surface area contributed by atoms with E-state index >= 15 is 0 Å². The van der Waals surface area contributed by atoms with Crippen LogP contribution >= 0.6 is 11.3 Å². The highest BCUT2D eigenvalue weighted by Gasteiger charge is 2.08. The van der Waals surface area contributed by atoms with Crippen molar-refractivity contribution in [2.75, 3.05) is 30.4 Å². The number of thiophene rings is 1. The molecular weight excluding hydrogens is 280 g/mol. The fourth-order valence-corrected chi connectivity index (χ4v) is 3.18. The van der Waals surface area contributed by atoms with E-state index < -0.39 is 0 Å². The molecule has 1 atom stereocenters. The summed E-state index contributed by atoms with van der Waals surface area (Å²) in [5.74, 6) is 0. The zero-order valence-corrected chi connectivity index (χ0v) is 13.8. The summed E-state index contributed by atoms with van der Waals surface area (Å²) >= 11 is 1.88. The van der Waals surface area contributed by atoms with Crippen molar-refractivity contribution in [3.8, 4) is 0 Å². The third-order valence-corrected chi connectivity index (χ3v) is 5.00. The molecule has 0 spiro atoms. The van der Waals surface area contributed by atoms with Gasteiger partial charge in [0.1, 0.15) is 0 Å². The second kappa shape index (κ2) is 7.48. The van der Waals surface area contributed by atoms with E-state index in [9.17, 15) is 0 Å². The molecule has 0 saturated carbocycles. The maximum absolute atomic E-state index is 8.97. The van der Waals surface area contributed by atoms with E-state index in [1.54, 1.807) is 0 Å². The zero-order chi connectivity index (χ0) is 15.2. The molecule has 0 radical (unpaired) electrons. The topological polar surface area (TPSA) is 35.5 Å². The van der Waals surface area contributed by atoms with E-state index in [1.165, 1.54) is 9.75 Å². The number of aliphatic hydroxyl groups excluding tert-OH is 1. The van der Waals surface area contributed by atoms with E-state index in [0.717, 1.165) is 17.8 Å². The molecule has 2 N–H and O–H groups in total. The number of aryl methyl sites for hydroxylation is 1. The van der Waals surface area contributed by atoms with Crippen LogP contribution in [-0.2, 0) is 6.42 Å². The molecule has 0 saturated heterocycles. The van der Waals surface area contributed by atoms with Crippen LogP contribution in [0, 0.1) is 0 Å². The molecule has 1 aromatic carbocycles. The minimum atomic E-state index is 0.172. The van der Waals surface area contributed by atoms with Crippen molar-refractivity contribution < 1.29 is 5.11 Å². The highest BCUT2D eigenvalue weighted by Crippen LogP contribution is 2.27. The highest BCUT2D eigenvalue weighted by molar-refractivity contribution is 7.12. The molecule has 2 aromatic rings. The first-order chi connectivity index (χ1) is 10.1. The van der Waals surface area contributed by atoms with Gasteiger partial charge in [-0.1, -0.05) is 6.92 Å². The molecule has 1 unspecified atom stereocenters. The first-order valence-electron chi connectivity index (χ1n) is 7.41. The highest BCUT2D eigenvalue weighted by atomic mass is 32.1. The van der Waals surface area contributed by atoms with E-state index in [2.05, 4.69) is 55.6 Å². The Morgan fingerprint density at radius 2 is 1.90 bits per heavy atom. The molecule has 114 valence electrons. The van der Waals surface area contributed by atoms with Crippen LogP contribution in [0.3, 0.4) is 0 Å². The van der Waals surface area contributed by atoms with Gasteiger partial charge in [-0.15, -0.1) is 11.3 Å². The van der Waals surface area contributed by atoms with Crippen LogP contribution in [0.2, 0.25) is 0 Å². The third kappa shape index (κ3) is 4.22. The molecule has 0 bridgehead atoms. The van der Waals surface area contributed by atoms with E-state index in [1.807, 2.05) is 23.3 Å². The summed E-state index contributed by atoms with van der Waals surface area (Å²) in [6.07, 6.45) is 1.10. The normalized spacial score (nSPS) is 12.2. The van der Waals surface area contributed by atoms with Gasteiger partial charge >= 0.3 is 0 Å². The maximum Gasteiger partial charge on any atom is 0.0606 e. The van der Waals surface area contributed by atoms with Gasteiger partial charge in [-0.2, -0.15) is 0 Å². The zero-order valence-electron chi connectivity index (χ0n) is 13.0. The van der Waals surface area contributed by atoms with Gasteiger partial charge in [0.15, 0.2) is 0 Å². The Balaban J connectivity index is 1.99. The number of anilines is 2. The largest absolute Gasteiger partial charge is 0.395 e. The molecule has 0 fully saturated rings. The molecule has 0 aliphatic rings. The summed E-state index contributed by atoms with van der Waals surface area (Å²) in [5, 5.41) is 12.5. The predicted molar refractivity (Wildman–Crippen MR) is 92.5 cm³/mol. The van der Waals surface area contributed by atoms with Crippen LogP contribution in [0.1, 0.15) is 29.6 Å². The van der Waals surface area contributed by atoms with Crippen LogP contribution in [0.25, 0.3) is 0 Å². The molecule has 0 amide bonds. The van der Waals surface area contributed by atoms with Crippen LogP contribution in [0.5, 0.6) is 0 Å². The van der Waals surface area contributed by atoms with Crippen molar-refractivity contribution in [3.63, 3.8) is 0 Å². The first-order valence-corrected chi connectivity index (χ1v) is 8.23. The smallest absolute Gasteiger partial charge is 0.0606 e. The second-order valence-corrected chi connectivity index (χ2v) is 6.42. The molecule has 1 heterocycles. The van der Waals surface area contributed by atoms with Crippen LogP contribution in [-0.4, -0.2) is 25.3 Å². The minimum absolute atomic E-state index is 0.172. The lowest BCUT2D eigenvalue weighted by molar-refractivity contribution is 0.304. The monoisotopic (exact) mass is 304 g/mol. The molecule has 1 aromatic heterocycles. The SMILES string of the molecule is CCc1ccc(C(C)Nc2ccc(N(C)CCO)cc2)s1. The Morgan fingerprint density at radius 3 is 2.48 bits per heavy atom. The van der Waals surface area contributed by atoms with Gasteiger partial charge in [0.2, 0.25) is 0 Å². The fraction of sp³-hybridized carbons (Fsp3) is 0.412. The maximum atomic E-state index is 8.97. The molecule has 0 aliphatic heterocycles. The summed E-state index contributed by atoms with van der Waals surface area (Å²) in [5.41, 5.74) is 2.24. The van der Waals surface area contributed by atoms with E-state index in [0.29, 0.717) is 12.6 Å². The molecule has 0 aliphatic carbocycles. The standard InChI is InChI=1S/C17H24N2OS/c1-4-16-9-10-17(21-16)13(2)18-14-5-7-15(8-6-14)19(3)11-12-20/h5-10,13,18,20H,4,11-12H2,1-3H3.